The molecule has 0 bridgehead atoms. The zero-order valence-corrected chi connectivity index (χ0v) is 17.4. The SMILES string of the molecule is N#C/C(=C/c1ccc(OC(=O)CCCCc2ccccc2)cc1)c1ccc([N+](=O)[O-])cc1. The fourth-order valence-electron chi connectivity index (χ4n) is 3.17. The van der Waals surface area contributed by atoms with Crippen molar-refractivity contribution in [2.45, 2.75) is 25.7 Å². The van der Waals surface area contributed by atoms with Gasteiger partial charge in [-0.15, -0.1) is 0 Å². The number of benzene rings is 3. The maximum Gasteiger partial charge on any atom is 0.311 e. The average molecular weight is 426 g/mol. The van der Waals surface area contributed by atoms with Gasteiger partial charge in [0, 0.05) is 18.6 Å². The molecule has 0 heterocycles. The Hall–Kier alpha value is -4.24. The number of nitro groups is 1. The summed E-state index contributed by atoms with van der Waals surface area (Å²) in [5.41, 5.74) is 2.95. The van der Waals surface area contributed by atoms with Crippen LogP contribution in [0.25, 0.3) is 11.6 Å². The van der Waals surface area contributed by atoms with Gasteiger partial charge in [-0.05, 0) is 66.3 Å². The molecule has 3 aromatic rings. The molecular formula is C26H22N2O4. The molecule has 0 saturated heterocycles. The zero-order valence-electron chi connectivity index (χ0n) is 17.4. The smallest absolute Gasteiger partial charge is 0.311 e. The molecule has 0 fully saturated rings. The molecule has 0 spiro atoms. The van der Waals surface area contributed by atoms with Gasteiger partial charge in [-0.3, -0.25) is 14.9 Å². The molecule has 0 unspecified atom stereocenters. The number of carbonyl (C=O) groups is 1. The summed E-state index contributed by atoms with van der Waals surface area (Å²) in [6.45, 7) is 0. The van der Waals surface area contributed by atoms with Gasteiger partial charge in [0.25, 0.3) is 5.69 Å². The van der Waals surface area contributed by atoms with Crippen molar-refractivity contribution in [1.29, 1.82) is 5.26 Å². The summed E-state index contributed by atoms with van der Waals surface area (Å²) >= 11 is 0. The van der Waals surface area contributed by atoms with Crippen molar-refractivity contribution < 1.29 is 14.5 Å². The maximum absolute atomic E-state index is 12.1. The minimum atomic E-state index is -0.483. The molecule has 6 heteroatoms. The summed E-state index contributed by atoms with van der Waals surface area (Å²) in [4.78, 5) is 22.4. The molecule has 160 valence electrons. The third kappa shape index (κ3) is 6.64. The molecule has 0 aliphatic rings. The Balaban J connectivity index is 1.52. The van der Waals surface area contributed by atoms with E-state index in [4.69, 9.17) is 4.74 Å². The number of rotatable bonds is 9. The minimum Gasteiger partial charge on any atom is -0.427 e. The van der Waals surface area contributed by atoms with E-state index in [2.05, 4.69) is 18.2 Å². The fourth-order valence-corrected chi connectivity index (χ4v) is 3.17. The van der Waals surface area contributed by atoms with Gasteiger partial charge in [-0.1, -0.05) is 42.5 Å². The van der Waals surface area contributed by atoms with E-state index in [0.29, 0.717) is 23.3 Å². The van der Waals surface area contributed by atoms with E-state index in [0.717, 1.165) is 24.8 Å². The molecule has 0 radical (unpaired) electrons. The Morgan fingerprint density at radius 3 is 2.28 bits per heavy atom. The van der Waals surface area contributed by atoms with Crippen LogP contribution < -0.4 is 4.74 Å². The summed E-state index contributed by atoms with van der Waals surface area (Å²) in [7, 11) is 0. The lowest BCUT2D eigenvalue weighted by atomic mass is 10.0. The number of allylic oxidation sites excluding steroid dienone is 1. The zero-order chi connectivity index (χ0) is 22.8. The standard InChI is InChI=1S/C26H22N2O4/c27-19-23(22-12-14-24(15-13-22)28(30)31)18-21-10-16-25(17-11-21)32-26(29)9-5-4-8-20-6-2-1-3-7-20/h1-3,6-7,10-18H,4-5,8-9H2/b23-18-. The molecule has 0 N–H and O–H groups in total. The number of nitriles is 1. The predicted molar refractivity (Wildman–Crippen MR) is 123 cm³/mol. The number of nitro benzene ring substituents is 1. The largest absolute Gasteiger partial charge is 0.427 e. The summed E-state index contributed by atoms with van der Waals surface area (Å²) < 4.78 is 5.38. The van der Waals surface area contributed by atoms with E-state index >= 15 is 0 Å². The van der Waals surface area contributed by atoms with Crippen LogP contribution >= 0.6 is 0 Å². The van der Waals surface area contributed by atoms with Crippen molar-refractivity contribution in [2.75, 3.05) is 0 Å². The average Bonchev–Trinajstić information content (AvgIpc) is 2.82. The highest BCUT2D eigenvalue weighted by molar-refractivity contribution is 5.89. The van der Waals surface area contributed by atoms with Crippen LogP contribution in [0.4, 0.5) is 5.69 Å². The van der Waals surface area contributed by atoms with Crippen molar-refractivity contribution in [3.05, 3.63) is 106 Å². The van der Waals surface area contributed by atoms with Crippen molar-refractivity contribution in [3.8, 4) is 11.8 Å². The van der Waals surface area contributed by atoms with Gasteiger partial charge in [-0.25, -0.2) is 0 Å². The molecule has 0 amide bonds. The van der Waals surface area contributed by atoms with E-state index in [-0.39, 0.29) is 11.7 Å². The first-order valence-corrected chi connectivity index (χ1v) is 10.3. The molecular weight excluding hydrogens is 404 g/mol. The van der Waals surface area contributed by atoms with E-state index in [1.165, 1.54) is 17.7 Å². The van der Waals surface area contributed by atoms with Crippen molar-refractivity contribution >= 4 is 23.3 Å². The Kier molecular flexibility index (Phi) is 7.88. The Morgan fingerprint density at radius 2 is 1.66 bits per heavy atom. The number of hydrogen-bond acceptors (Lipinski definition) is 5. The van der Waals surface area contributed by atoms with Crippen LogP contribution in [0, 0.1) is 21.4 Å². The van der Waals surface area contributed by atoms with E-state index in [1.54, 1.807) is 42.5 Å². The van der Waals surface area contributed by atoms with E-state index in [1.807, 2.05) is 18.2 Å². The number of carbonyl (C=O) groups excluding carboxylic acids is 1. The number of non-ortho nitro benzene ring substituents is 1. The quantitative estimate of drug-likeness (QED) is 0.0798. The highest BCUT2D eigenvalue weighted by atomic mass is 16.6. The number of ether oxygens (including phenoxy) is 1. The summed E-state index contributed by atoms with van der Waals surface area (Å²) in [5, 5.41) is 20.2. The molecule has 0 aliphatic heterocycles. The van der Waals surface area contributed by atoms with E-state index < -0.39 is 4.92 Å². The normalized spacial score (nSPS) is 10.9. The van der Waals surface area contributed by atoms with Crippen LogP contribution in [0.1, 0.15) is 36.0 Å². The van der Waals surface area contributed by atoms with Crippen LogP contribution in [0.15, 0.2) is 78.9 Å². The topological polar surface area (TPSA) is 93.2 Å². The predicted octanol–water partition coefficient (Wildman–Crippen LogP) is 5.98. The number of esters is 1. The summed E-state index contributed by atoms with van der Waals surface area (Å²) in [6.07, 6.45) is 4.65. The second-order valence-corrected chi connectivity index (χ2v) is 7.21. The van der Waals surface area contributed by atoms with Gasteiger partial charge >= 0.3 is 5.97 Å². The van der Waals surface area contributed by atoms with Crippen LogP contribution in [0.2, 0.25) is 0 Å². The van der Waals surface area contributed by atoms with Crippen molar-refractivity contribution in [2.24, 2.45) is 0 Å². The molecule has 0 atom stereocenters. The third-order valence-electron chi connectivity index (χ3n) is 4.87. The minimum absolute atomic E-state index is 0.0303. The molecule has 3 rings (SSSR count). The molecule has 0 aromatic heterocycles. The van der Waals surface area contributed by atoms with Gasteiger partial charge in [0.1, 0.15) is 5.75 Å². The van der Waals surface area contributed by atoms with Gasteiger partial charge < -0.3 is 4.74 Å². The van der Waals surface area contributed by atoms with Crippen molar-refractivity contribution in [3.63, 3.8) is 0 Å². The number of aryl methyl sites for hydroxylation is 1. The van der Waals surface area contributed by atoms with Crippen molar-refractivity contribution in [1.82, 2.24) is 0 Å². The molecule has 0 saturated carbocycles. The Morgan fingerprint density at radius 1 is 0.969 bits per heavy atom. The Labute approximate surface area is 186 Å². The number of hydrogen-bond donors (Lipinski definition) is 0. The monoisotopic (exact) mass is 426 g/mol. The second kappa shape index (κ2) is 11.2. The number of nitrogens with zero attached hydrogens (tertiary/aromatic N) is 2. The van der Waals surface area contributed by atoms with Gasteiger partial charge in [0.2, 0.25) is 0 Å². The molecule has 0 aliphatic carbocycles. The third-order valence-corrected chi connectivity index (χ3v) is 4.87. The lowest BCUT2D eigenvalue weighted by molar-refractivity contribution is -0.384. The first kappa shape index (κ1) is 22.4. The van der Waals surface area contributed by atoms with Gasteiger partial charge in [0.15, 0.2) is 0 Å². The second-order valence-electron chi connectivity index (χ2n) is 7.21. The van der Waals surface area contributed by atoms with Gasteiger partial charge in [0.05, 0.1) is 16.6 Å². The Bertz CT molecular complexity index is 1130. The lowest BCUT2D eigenvalue weighted by Gasteiger charge is -2.05. The lowest BCUT2D eigenvalue weighted by Crippen LogP contribution is -2.07. The number of unbranched alkanes of at least 4 members (excludes halogenated alkanes) is 1. The maximum atomic E-state index is 12.1. The van der Waals surface area contributed by atoms with Crippen LogP contribution in [0.3, 0.4) is 0 Å². The van der Waals surface area contributed by atoms with Gasteiger partial charge in [-0.2, -0.15) is 5.26 Å². The van der Waals surface area contributed by atoms with Crippen LogP contribution in [-0.4, -0.2) is 10.9 Å². The van der Waals surface area contributed by atoms with Crippen LogP contribution in [0.5, 0.6) is 5.75 Å². The summed E-state index contributed by atoms with van der Waals surface area (Å²) in [5.74, 6) is 0.175. The molecule has 6 nitrogen and oxygen atoms in total. The highest BCUT2D eigenvalue weighted by Crippen LogP contribution is 2.22. The first-order chi connectivity index (χ1) is 15.5. The highest BCUT2D eigenvalue weighted by Gasteiger charge is 2.08. The molecule has 3 aromatic carbocycles. The molecule has 32 heavy (non-hydrogen) atoms. The first-order valence-electron chi connectivity index (χ1n) is 10.3. The van der Waals surface area contributed by atoms with Crippen LogP contribution in [-0.2, 0) is 11.2 Å². The summed E-state index contributed by atoms with van der Waals surface area (Å²) in [6, 6.07) is 24.9. The van der Waals surface area contributed by atoms with E-state index in [9.17, 15) is 20.2 Å². The fraction of sp³-hybridized carbons (Fsp3) is 0.154.